The summed E-state index contributed by atoms with van der Waals surface area (Å²) in [5.41, 5.74) is 0.192. The van der Waals surface area contributed by atoms with Crippen LogP contribution in [0.15, 0.2) is 29.2 Å². The third-order valence-corrected chi connectivity index (χ3v) is 6.05. The Morgan fingerprint density at radius 2 is 1.75 bits per heavy atom. The summed E-state index contributed by atoms with van der Waals surface area (Å²) in [6.07, 6.45) is 0. The fourth-order valence-corrected chi connectivity index (χ4v) is 4.03. The summed E-state index contributed by atoms with van der Waals surface area (Å²) in [6.45, 7) is 9.23. The van der Waals surface area contributed by atoms with Gasteiger partial charge in [-0.05, 0) is 31.7 Å². The van der Waals surface area contributed by atoms with Gasteiger partial charge in [0.2, 0.25) is 15.9 Å². The van der Waals surface area contributed by atoms with Crippen molar-refractivity contribution in [3.63, 3.8) is 0 Å². The number of benzene rings is 1. The van der Waals surface area contributed by atoms with Gasteiger partial charge < -0.3 is 16.0 Å². The normalized spacial score (nSPS) is 12.2. The van der Waals surface area contributed by atoms with Crippen LogP contribution in [-0.4, -0.2) is 63.3 Å². The molecule has 160 valence electrons. The van der Waals surface area contributed by atoms with Crippen molar-refractivity contribution in [2.75, 3.05) is 32.7 Å². The number of carbonyl (C=O) groups excluding carboxylic acids is 2. The maximum absolute atomic E-state index is 12.6. The molecule has 0 unspecified atom stereocenters. The summed E-state index contributed by atoms with van der Waals surface area (Å²) in [5, 5.41) is 8.40. The second kappa shape index (κ2) is 12.7. The fourth-order valence-electron chi connectivity index (χ4n) is 2.52. The van der Waals surface area contributed by atoms with E-state index in [0.717, 1.165) is 6.54 Å². The van der Waals surface area contributed by atoms with Crippen LogP contribution >= 0.6 is 12.4 Å². The Labute approximate surface area is 173 Å². The predicted molar refractivity (Wildman–Crippen MR) is 112 cm³/mol. The van der Waals surface area contributed by atoms with Gasteiger partial charge in [0.15, 0.2) is 0 Å². The minimum absolute atomic E-state index is 0. The van der Waals surface area contributed by atoms with Crippen LogP contribution in [-0.2, 0) is 14.8 Å². The van der Waals surface area contributed by atoms with Crippen molar-refractivity contribution in [1.82, 2.24) is 20.3 Å². The lowest BCUT2D eigenvalue weighted by Gasteiger charge is -2.18. The van der Waals surface area contributed by atoms with Crippen LogP contribution in [0, 0.1) is 0 Å². The molecule has 0 saturated carbocycles. The Balaban J connectivity index is 0.00000729. The standard InChI is InChI=1S/C18H30N4O4S.ClH/c1-5-19-14(4)12-20-17(23)13-21-18(24)15-9-8-10-16(11-15)27(25,26)22(6-2)7-3;/h8-11,14,19H,5-7,12-13H2,1-4H3,(H,20,23)(H,21,24);1H/t14-;/m1./s1. The monoisotopic (exact) mass is 434 g/mol. The van der Waals surface area contributed by atoms with Gasteiger partial charge in [-0.2, -0.15) is 4.31 Å². The molecule has 0 aliphatic heterocycles. The molecule has 3 N–H and O–H groups in total. The summed E-state index contributed by atoms with van der Waals surface area (Å²) >= 11 is 0. The number of sulfonamides is 1. The van der Waals surface area contributed by atoms with E-state index in [1.165, 1.54) is 28.6 Å². The maximum Gasteiger partial charge on any atom is 0.251 e. The van der Waals surface area contributed by atoms with Gasteiger partial charge in [-0.25, -0.2) is 8.42 Å². The maximum atomic E-state index is 12.6. The quantitative estimate of drug-likeness (QED) is 0.481. The van der Waals surface area contributed by atoms with E-state index >= 15 is 0 Å². The molecule has 10 heteroatoms. The number of hydrogen-bond acceptors (Lipinski definition) is 5. The molecule has 0 fully saturated rings. The zero-order valence-electron chi connectivity index (χ0n) is 16.8. The van der Waals surface area contributed by atoms with E-state index in [-0.39, 0.29) is 41.4 Å². The van der Waals surface area contributed by atoms with Gasteiger partial charge in [-0.3, -0.25) is 9.59 Å². The number of hydrogen-bond donors (Lipinski definition) is 3. The summed E-state index contributed by atoms with van der Waals surface area (Å²) in [5.74, 6) is -0.804. The topological polar surface area (TPSA) is 108 Å². The summed E-state index contributed by atoms with van der Waals surface area (Å²) < 4.78 is 26.4. The third kappa shape index (κ3) is 7.75. The molecular formula is C18H31ClN4O4S. The lowest BCUT2D eigenvalue weighted by atomic mass is 10.2. The second-order valence-electron chi connectivity index (χ2n) is 6.06. The third-order valence-electron chi connectivity index (χ3n) is 4.01. The van der Waals surface area contributed by atoms with Gasteiger partial charge in [-0.1, -0.05) is 26.8 Å². The molecule has 1 rings (SSSR count). The van der Waals surface area contributed by atoms with Gasteiger partial charge in [0.25, 0.3) is 5.91 Å². The minimum atomic E-state index is -3.65. The number of rotatable bonds is 11. The minimum Gasteiger partial charge on any atom is -0.353 e. The number of likely N-dealkylation sites (N-methyl/N-ethyl adjacent to an activating group) is 1. The molecule has 1 aromatic carbocycles. The van der Waals surface area contributed by atoms with Gasteiger partial charge >= 0.3 is 0 Å². The molecular weight excluding hydrogens is 404 g/mol. The summed E-state index contributed by atoms with van der Waals surface area (Å²) in [4.78, 5) is 24.1. The molecule has 0 aromatic heterocycles. The highest BCUT2D eigenvalue weighted by atomic mass is 35.5. The van der Waals surface area contributed by atoms with Crippen LogP contribution in [0.3, 0.4) is 0 Å². The lowest BCUT2D eigenvalue weighted by molar-refractivity contribution is -0.120. The van der Waals surface area contributed by atoms with Crippen LogP contribution in [0.1, 0.15) is 38.1 Å². The Hall–Kier alpha value is -1.68. The molecule has 0 heterocycles. The zero-order chi connectivity index (χ0) is 20.4. The van der Waals surface area contributed by atoms with Gasteiger partial charge in [-0.15, -0.1) is 12.4 Å². The first-order chi connectivity index (χ1) is 12.8. The summed E-state index contributed by atoms with van der Waals surface area (Å²) in [7, 11) is -3.65. The van der Waals surface area contributed by atoms with Crippen molar-refractivity contribution in [2.45, 2.75) is 38.6 Å². The second-order valence-corrected chi connectivity index (χ2v) is 8.00. The van der Waals surface area contributed by atoms with Gasteiger partial charge in [0.1, 0.15) is 0 Å². The highest BCUT2D eigenvalue weighted by Gasteiger charge is 2.22. The molecule has 0 spiro atoms. The van der Waals surface area contributed by atoms with Gasteiger partial charge in [0, 0.05) is 31.2 Å². The van der Waals surface area contributed by atoms with Crippen LogP contribution in [0.5, 0.6) is 0 Å². The highest BCUT2D eigenvalue weighted by molar-refractivity contribution is 7.89. The van der Waals surface area contributed by atoms with E-state index in [2.05, 4.69) is 16.0 Å². The Morgan fingerprint density at radius 3 is 2.32 bits per heavy atom. The molecule has 1 aromatic rings. The highest BCUT2D eigenvalue weighted by Crippen LogP contribution is 2.16. The van der Waals surface area contributed by atoms with E-state index in [1.807, 2.05) is 13.8 Å². The van der Waals surface area contributed by atoms with Crippen molar-refractivity contribution in [1.29, 1.82) is 0 Å². The van der Waals surface area contributed by atoms with Crippen molar-refractivity contribution in [3.05, 3.63) is 29.8 Å². The van der Waals surface area contributed by atoms with Crippen molar-refractivity contribution >= 4 is 34.2 Å². The van der Waals surface area contributed by atoms with Crippen LogP contribution in [0.4, 0.5) is 0 Å². The number of amides is 2. The van der Waals surface area contributed by atoms with E-state index in [9.17, 15) is 18.0 Å². The molecule has 8 nitrogen and oxygen atoms in total. The molecule has 0 saturated heterocycles. The zero-order valence-corrected chi connectivity index (χ0v) is 18.5. The van der Waals surface area contributed by atoms with Crippen LogP contribution in [0.2, 0.25) is 0 Å². The Bertz CT molecular complexity index is 739. The number of nitrogens with zero attached hydrogens (tertiary/aromatic N) is 1. The lowest BCUT2D eigenvalue weighted by Crippen LogP contribution is -2.43. The van der Waals surface area contributed by atoms with Gasteiger partial charge in [0.05, 0.1) is 11.4 Å². The van der Waals surface area contributed by atoms with Crippen molar-refractivity contribution < 1.29 is 18.0 Å². The first-order valence-corrected chi connectivity index (χ1v) is 10.6. The predicted octanol–water partition coefficient (Wildman–Crippen LogP) is 0.983. The van der Waals surface area contributed by atoms with Crippen molar-refractivity contribution in [2.24, 2.45) is 0 Å². The first kappa shape index (κ1) is 26.3. The Morgan fingerprint density at radius 1 is 1.11 bits per heavy atom. The molecule has 0 bridgehead atoms. The first-order valence-electron chi connectivity index (χ1n) is 9.14. The van der Waals surface area contributed by atoms with E-state index in [4.69, 9.17) is 0 Å². The average molecular weight is 435 g/mol. The molecule has 0 aliphatic carbocycles. The number of carbonyl (C=O) groups is 2. The SMILES string of the molecule is CCN[C@H](C)CNC(=O)CNC(=O)c1cccc(S(=O)(=O)N(CC)CC)c1.Cl. The van der Waals surface area contributed by atoms with Crippen LogP contribution in [0.25, 0.3) is 0 Å². The molecule has 0 aliphatic rings. The van der Waals surface area contributed by atoms with E-state index < -0.39 is 15.9 Å². The van der Waals surface area contributed by atoms with Crippen molar-refractivity contribution in [3.8, 4) is 0 Å². The number of nitrogens with one attached hydrogen (secondary N) is 3. The smallest absolute Gasteiger partial charge is 0.251 e. The molecule has 0 radical (unpaired) electrons. The molecule has 28 heavy (non-hydrogen) atoms. The molecule has 2 amide bonds. The summed E-state index contributed by atoms with van der Waals surface area (Å²) in [6, 6.07) is 5.95. The van der Waals surface area contributed by atoms with Crippen LogP contribution < -0.4 is 16.0 Å². The largest absolute Gasteiger partial charge is 0.353 e. The van der Waals surface area contributed by atoms with E-state index in [1.54, 1.807) is 13.8 Å². The Kier molecular flexibility index (Phi) is 12.0. The average Bonchev–Trinajstić information content (AvgIpc) is 2.65. The number of halogens is 1. The molecule has 1 atom stereocenters. The van der Waals surface area contributed by atoms with E-state index in [0.29, 0.717) is 19.6 Å². The fraction of sp³-hybridized carbons (Fsp3) is 0.556.